The Morgan fingerprint density at radius 1 is 1.54 bits per heavy atom. The summed E-state index contributed by atoms with van der Waals surface area (Å²) in [5.41, 5.74) is 0.0432. The summed E-state index contributed by atoms with van der Waals surface area (Å²) in [6, 6.07) is 0. The van der Waals surface area contributed by atoms with Crippen molar-refractivity contribution in [2.24, 2.45) is 5.92 Å². The molecule has 0 saturated carbocycles. The molecule has 142 valence electrons. The van der Waals surface area contributed by atoms with Crippen molar-refractivity contribution in [2.75, 3.05) is 19.8 Å². The number of carbonyl (C=O) groups excluding carboxylic acids is 1. The fourth-order valence-electron chi connectivity index (χ4n) is 2.08. The largest absolute Gasteiger partial charge is 0.478 e. The molecule has 1 fully saturated rings. The van der Waals surface area contributed by atoms with Crippen molar-refractivity contribution in [3.8, 4) is 17.0 Å². The quantitative estimate of drug-likeness (QED) is 0.485. The van der Waals surface area contributed by atoms with Crippen molar-refractivity contribution >= 4 is 17.2 Å². The molecule has 1 aromatic rings. The van der Waals surface area contributed by atoms with Crippen LogP contribution in [0.15, 0.2) is 18.2 Å². The van der Waals surface area contributed by atoms with Gasteiger partial charge in [-0.05, 0) is 20.8 Å². The highest BCUT2D eigenvalue weighted by Gasteiger charge is 2.28. The second-order valence-corrected chi connectivity index (χ2v) is 8.31. The molecule has 0 aliphatic carbocycles. The van der Waals surface area contributed by atoms with Crippen molar-refractivity contribution < 1.29 is 14.3 Å². The standard InChI is InChI=1S/C19H27N3O3S/c1-14(2)8-6-7-9-20-17(23)16-10-21-18(26-16)24-12-15-11-22(13-25-15)19(3,4)5/h10,12,14H,7,9,11,13H2,1-5H3,(H,20,23)/b15-12-. The van der Waals surface area contributed by atoms with Crippen LogP contribution in [-0.2, 0) is 4.74 Å². The van der Waals surface area contributed by atoms with Crippen molar-refractivity contribution in [1.82, 2.24) is 15.2 Å². The van der Waals surface area contributed by atoms with Crippen LogP contribution in [0.25, 0.3) is 0 Å². The molecule has 2 heterocycles. The number of hydrogen-bond donors (Lipinski definition) is 1. The molecule has 7 heteroatoms. The maximum atomic E-state index is 12.1. The van der Waals surface area contributed by atoms with Gasteiger partial charge in [0.05, 0.1) is 12.7 Å². The summed E-state index contributed by atoms with van der Waals surface area (Å²) in [4.78, 5) is 18.9. The molecule has 1 amide bonds. The Morgan fingerprint density at radius 3 is 2.96 bits per heavy atom. The number of aromatic nitrogens is 1. The Labute approximate surface area is 159 Å². The van der Waals surface area contributed by atoms with Crippen molar-refractivity contribution in [1.29, 1.82) is 0 Å². The molecule has 1 aromatic heterocycles. The molecule has 1 aliphatic heterocycles. The van der Waals surface area contributed by atoms with E-state index in [0.29, 0.717) is 42.2 Å². The van der Waals surface area contributed by atoms with Crippen LogP contribution in [0.1, 0.15) is 50.7 Å². The summed E-state index contributed by atoms with van der Waals surface area (Å²) >= 11 is 1.20. The number of hydrogen-bond acceptors (Lipinski definition) is 6. The van der Waals surface area contributed by atoms with Crippen LogP contribution in [0, 0.1) is 17.8 Å². The van der Waals surface area contributed by atoms with Gasteiger partial charge in [0, 0.05) is 24.4 Å². The predicted octanol–water partition coefficient (Wildman–Crippen LogP) is 3.23. The average Bonchev–Trinajstić information content (AvgIpc) is 3.21. The van der Waals surface area contributed by atoms with E-state index in [2.05, 4.69) is 47.8 Å². The minimum Gasteiger partial charge on any atom is -0.478 e. The monoisotopic (exact) mass is 377 g/mol. The fraction of sp³-hybridized carbons (Fsp3) is 0.579. The van der Waals surface area contributed by atoms with Crippen LogP contribution in [-0.4, -0.2) is 41.2 Å². The van der Waals surface area contributed by atoms with Crippen LogP contribution in [0.4, 0.5) is 0 Å². The maximum absolute atomic E-state index is 12.1. The van der Waals surface area contributed by atoms with Crippen LogP contribution in [0.2, 0.25) is 0 Å². The molecule has 0 unspecified atom stereocenters. The molecule has 1 saturated heterocycles. The second-order valence-electron chi connectivity index (χ2n) is 7.32. The van der Waals surface area contributed by atoms with Gasteiger partial charge < -0.3 is 14.8 Å². The highest BCUT2D eigenvalue weighted by Crippen LogP contribution is 2.24. The number of nitrogens with zero attached hydrogens (tertiary/aromatic N) is 2. The zero-order valence-electron chi connectivity index (χ0n) is 16.1. The van der Waals surface area contributed by atoms with Gasteiger partial charge in [0.1, 0.15) is 23.6 Å². The maximum Gasteiger partial charge on any atom is 0.278 e. The average molecular weight is 378 g/mol. The van der Waals surface area contributed by atoms with E-state index in [9.17, 15) is 4.79 Å². The molecule has 0 bridgehead atoms. The third-order valence-electron chi connectivity index (χ3n) is 3.63. The lowest BCUT2D eigenvalue weighted by Crippen LogP contribution is -2.39. The van der Waals surface area contributed by atoms with E-state index in [1.54, 1.807) is 6.26 Å². The normalized spacial score (nSPS) is 16.3. The Balaban J connectivity index is 1.80. The Hall–Kier alpha value is -2.04. The van der Waals surface area contributed by atoms with Gasteiger partial charge in [-0.3, -0.25) is 9.69 Å². The molecule has 0 aromatic carbocycles. The zero-order chi connectivity index (χ0) is 19.2. The topological polar surface area (TPSA) is 63.7 Å². The first-order chi connectivity index (χ1) is 12.3. The first-order valence-corrected chi connectivity index (χ1v) is 9.53. The van der Waals surface area contributed by atoms with Gasteiger partial charge in [0.25, 0.3) is 11.1 Å². The summed E-state index contributed by atoms with van der Waals surface area (Å²) in [5.74, 6) is 7.04. The van der Waals surface area contributed by atoms with E-state index < -0.39 is 0 Å². The van der Waals surface area contributed by atoms with E-state index in [-0.39, 0.29) is 11.4 Å². The zero-order valence-corrected chi connectivity index (χ0v) is 16.9. The van der Waals surface area contributed by atoms with Gasteiger partial charge in [-0.1, -0.05) is 25.2 Å². The SMILES string of the molecule is CC(C)C#CCCNC(=O)c1cnc(O/C=C2/CN(C(C)(C)C)CO2)s1. The van der Waals surface area contributed by atoms with Crippen molar-refractivity contribution in [2.45, 2.75) is 46.6 Å². The summed E-state index contributed by atoms with van der Waals surface area (Å²) in [7, 11) is 0. The van der Waals surface area contributed by atoms with E-state index in [0.717, 1.165) is 5.76 Å². The minimum absolute atomic E-state index is 0.0432. The first kappa shape index (κ1) is 20.3. The number of nitrogens with one attached hydrogen (secondary N) is 1. The third kappa shape index (κ3) is 6.36. The number of thiazole rings is 1. The lowest BCUT2D eigenvalue weighted by atomic mass is 10.1. The smallest absolute Gasteiger partial charge is 0.278 e. The highest BCUT2D eigenvalue weighted by atomic mass is 32.1. The Kier molecular flexibility index (Phi) is 7.06. The van der Waals surface area contributed by atoms with Gasteiger partial charge in [0.15, 0.2) is 0 Å². The molecule has 0 radical (unpaired) electrons. The molecule has 0 atom stereocenters. The van der Waals surface area contributed by atoms with Crippen molar-refractivity contribution in [3.63, 3.8) is 0 Å². The Bertz CT molecular complexity index is 708. The van der Waals surface area contributed by atoms with Gasteiger partial charge >= 0.3 is 0 Å². The third-order valence-corrected chi connectivity index (χ3v) is 4.51. The minimum atomic E-state index is -0.160. The van der Waals surface area contributed by atoms with E-state index in [1.807, 2.05) is 13.8 Å². The first-order valence-electron chi connectivity index (χ1n) is 8.71. The van der Waals surface area contributed by atoms with Crippen LogP contribution in [0.5, 0.6) is 5.19 Å². The lowest BCUT2D eigenvalue weighted by molar-refractivity contribution is 0.0943. The molecule has 1 aliphatic rings. The van der Waals surface area contributed by atoms with E-state index in [4.69, 9.17) is 9.47 Å². The number of ether oxygens (including phenoxy) is 2. The van der Waals surface area contributed by atoms with Crippen molar-refractivity contribution in [3.05, 3.63) is 23.1 Å². The Morgan fingerprint density at radius 2 is 2.31 bits per heavy atom. The number of amides is 1. The van der Waals surface area contributed by atoms with Gasteiger partial charge in [-0.25, -0.2) is 4.98 Å². The molecule has 0 spiro atoms. The molecule has 1 N–H and O–H groups in total. The summed E-state index contributed by atoms with van der Waals surface area (Å²) in [5, 5.41) is 3.25. The summed E-state index contributed by atoms with van der Waals surface area (Å²) < 4.78 is 11.2. The molecule has 6 nitrogen and oxygen atoms in total. The van der Waals surface area contributed by atoms with Gasteiger partial charge in [0.2, 0.25) is 0 Å². The highest BCUT2D eigenvalue weighted by molar-refractivity contribution is 7.15. The van der Waals surface area contributed by atoms with Crippen LogP contribution < -0.4 is 10.1 Å². The van der Waals surface area contributed by atoms with E-state index >= 15 is 0 Å². The fourth-order valence-corrected chi connectivity index (χ4v) is 2.74. The molecule has 2 rings (SSSR count). The number of rotatable bonds is 5. The number of carbonyl (C=O) groups is 1. The van der Waals surface area contributed by atoms with Crippen LogP contribution >= 0.6 is 11.3 Å². The predicted molar refractivity (Wildman–Crippen MR) is 103 cm³/mol. The van der Waals surface area contributed by atoms with E-state index in [1.165, 1.54) is 17.5 Å². The second kappa shape index (κ2) is 9.06. The van der Waals surface area contributed by atoms with Gasteiger partial charge in [-0.2, -0.15) is 0 Å². The molecule has 26 heavy (non-hydrogen) atoms. The molecular weight excluding hydrogens is 350 g/mol. The summed E-state index contributed by atoms with van der Waals surface area (Å²) in [6.45, 7) is 12.3. The van der Waals surface area contributed by atoms with Crippen LogP contribution in [0.3, 0.4) is 0 Å². The lowest BCUT2D eigenvalue weighted by Gasteiger charge is -2.28. The van der Waals surface area contributed by atoms with Gasteiger partial charge in [-0.15, -0.1) is 11.8 Å². The summed E-state index contributed by atoms with van der Waals surface area (Å²) in [6.07, 6.45) is 3.72. The molecular formula is C19H27N3O3S.